The van der Waals surface area contributed by atoms with Crippen LogP contribution < -0.4 is 0 Å². The minimum atomic E-state index is -0.640. The Balaban J connectivity index is 2.02. The van der Waals surface area contributed by atoms with Gasteiger partial charge in [0.1, 0.15) is 6.61 Å². The summed E-state index contributed by atoms with van der Waals surface area (Å²) in [7, 11) is 1.40. The van der Waals surface area contributed by atoms with Crippen LogP contribution in [-0.4, -0.2) is 37.2 Å². The van der Waals surface area contributed by atoms with E-state index in [0.717, 1.165) is 18.4 Å². The Morgan fingerprint density at radius 2 is 1.96 bits per heavy atom. The standard InChI is InChI=1S/C18H25NO4/c1-14(2)18(16(20)22-3)10-7-11-19(13-18)17(21)23-12-15-8-5-4-6-9-15/h4-6,8-9,14H,7,10-13H2,1-3H3/t18-/m1/s1. The Morgan fingerprint density at radius 3 is 2.57 bits per heavy atom. The molecular formula is C18H25NO4. The summed E-state index contributed by atoms with van der Waals surface area (Å²) in [5, 5.41) is 0. The van der Waals surface area contributed by atoms with Crippen LogP contribution in [-0.2, 0) is 20.9 Å². The molecule has 1 fully saturated rings. The van der Waals surface area contributed by atoms with E-state index in [1.54, 1.807) is 4.90 Å². The van der Waals surface area contributed by atoms with Gasteiger partial charge in [-0.1, -0.05) is 44.2 Å². The number of benzene rings is 1. The summed E-state index contributed by atoms with van der Waals surface area (Å²) in [5.74, 6) is -0.146. The lowest BCUT2D eigenvalue weighted by atomic mass is 9.71. The van der Waals surface area contributed by atoms with Crippen molar-refractivity contribution in [1.29, 1.82) is 0 Å². The first kappa shape index (κ1) is 17.3. The van der Waals surface area contributed by atoms with Gasteiger partial charge in [0.05, 0.1) is 12.5 Å². The van der Waals surface area contributed by atoms with Crippen LogP contribution in [0.15, 0.2) is 30.3 Å². The number of amides is 1. The number of ether oxygens (including phenoxy) is 2. The molecule has 1 saturated heterocycles. The topological polar surface area (TPSA) is 55.8 Å². The van der Waals surface area contributed by atoms with Crippen LogP contribution >= 0.6 is 0 Å². The normalized spacial score (nSPS) is 21.1. The Kier molecular flexibility index (Phi) is 5.64. The van der Waals surface area contributed by atoms with Crippen molar-refractivity contribution in [3.05, 3.63) is 35.9 Å². The second-order valence-corrected chi connectivity index (χ2v) is 6.37. The monoisotopic (exact) mass is 319 g/mol. The van der Waals surface area contributed by atoms with E-state index in [4.69, 9.17) is 9.47 Å². The van der Waals surface area contributed by atoms with Crippen LogP contribution in [0.1, 0.15) is 32.3 Å². The number of likely N-dealkylation sites (tertiary alicyclic amines) is 1. The molecule has 0 spiro atoms. The predicted octanol–water partition coefficient (Wildman–Crippen LogP) is 3.23. The van der Waals surface area contributed by atoms with E-state index in [-0.39, 0.29) is 24.6 Å². The Hall–Kier alpha value is -2.04. The lowest BCUT2D eigenvalue weighted by molar-refractivity contribution is -0.159. The van der Waals surface area contributed by atoms with E-state index in [2.05, 4.69) is 0 Å². The molecule has 1 amide bonds. The highest BCUT2D eigenvalue weighted by molar-refractivity contribution is 5.79. The van der Waals surface area contributed by atoms with Gasteiger partial charge in [0.15, 0.2) is 0 Å². The molecule has 1 heterocycles. The highest BCUT2D eigenvalue weighted by Gasteiger charge is 2.47. The maximum Gasteiger partial charge on any atom is 0.410 e. The highest BCUT2D eigenvalue weighted by Crippen LogP contribution is 2.38. The molecule has 5 nitrogen and oxygen atoms in total. The Bertz CT molecular complexity index is 543. The molecule has 1 aromatic rings. The zero-order valence-corrected chi connectivity index (χ0v) is 14.1. The first-order valence-electron chi connectivity index (χ1n) is 8.03. The molecule has 0 unspecified atom stereocenters. The fourth-order valence-corrected chi connectivity index (χ4v) is 3.13. The average Bonchev–Trinajstić information content (AvgIpc) is 2.59. The van der Waals surface area contributed by atoms with E-state index in [0.29, 0.717) is 13.1 Å². The number of hydrogen-bond donors (Lipinski definition) is 0. The van der Waals surface area contributed by atoms with Crippen molar-refractivity contribution in [1.82, 2.24) is 4.90 Å². The molecule has 0 N–H and O–H groups in total. The lowest BCUT2D eigenvalue weighted by Gasteiger charge is -2.42. The van der Waals surface area contributed by atoms with Gasteiger partial charge >= 0.3 is 12.1 Å². The number of rotatable bonds is 4. The van der Waals surface area contributed by atoms with Crippen LogP contribution in [0.2, 0.25) is 0 Å². The molecule has 0 aliphatic carbocycles. The van der Waals surface area contributed by atoms with Crippen molar-refractivity contribution in [2.24, 2.45) is 11.3 Å². The van der Waals surface area contributed by atoms with Crippen LogP contribution in [0, 0.1) is 11.3 Å². The maximum absolute atomic E-state index is 12.3. The van der Waals surface area contributed by atoms with Crippen LogP contribution in [0.25, 0.3) is 0 Å². The van der Waals surface area contributed by atoms with E-state index in [1.807, 2.05) is 44.2 Å². The third-order valence-corrected chi connectivity index (χ3v) is 4.68. The van der Waals surface area contributed by atoms with Gasteiger partial charge in [-0.3, -0.25) is 4.79 Å². The predicted molar refractivity (Wildman–Crippen MR) is 86.7 cm³/mol. The highest BCUT2D eigenvalue weighted by atomic mass is 16.6. The molecule has 1 atom stereocenters. The fourth-order valence-electron chi connectivity index (χ4n) is 3.13. The van der Waals surface area contributed by atoms with Crippen molar-refractivity contribution < 1.29 is 19.1 Å². The number of hydrogen-bond acceptors (Lipinski definition) is 4. The minimum absolute atomic E-state index is 0.0969. The summed E-state index contributed by atoms with van der Waals surface area (Å²) < 4.78 is 10.4. The second-order valence-electron chi connectivity index (χ2n) is 6.37. The summed E-state index contributed by atoms with van der Waals surface area (Å²) in [6, 6.07) is 9.56. The van der Waals surface area contributed by atoms with E-state index in [9.17, 15) is 9.59 Å². The number of esters is 1. The molecule has 0 radical (unpaired) electrons. The van der Waals surface area contributed by atoms with E-state index < -0.39 is 5.41 Å². The summed E-state index contributed by atoms with van der Waals surface area (Å²) in [6.45, 7) is 5.19. The van der Waals surface area contributed by atoms with Crippen molar-refractivity contribution in [3.63, 3.8) is 0 Å². The molecule has 1 aliphatic heterocycles. The summed E-state index contributed by atoms with van der Waals surface area (Å²) >= 11 is 0. The molecular weight excluding hydrogens is 294 g/mol. The molecule has 5 heteroatoms. The van der Waals surface area contributed by atoms with Gasteiger partial charge in [-0.25, -0.2) is 4.79 Å². The van der Waals surface area contributed by atoms with Gasteiger partial charge in [0.25, 0.3) is 0 Å². The maximum atomic E-state index is 12.3. The molecule has 23 heavy (non-hydrogen) atoms. The first-order valence-corrected chi connectivity index (χ1v) is 8.03. The molecule has 0 bridgehead atoms. The number of methoxy groups -OCH3 is 1. The molecule has 1 aliphatic rings. The molecule has 126 valence electrons. The summed E-state index contributed by atoms with van der Waals surface area (Å²) in [5.41, 5.74) is 0.305. The Labute approximate surface area is 137 Å². The summed E-state index contributed by atoms with van der Waals surface area (Å²) in [4.78, 5) is 26.2. The van der Waals surface area contributed by atoms with E-state index >= 15 is 0 Å². The van der Waals surface area contributed by atoms with Gasteiger partial charge in [-0.15, -0.1) is 0 Å². The smallest absolute Gasteiger partial charge is 0.410 e. The lowest BCUT2D eigenvalue weighted by Crippen LogP contribution is -2.53. The van der Waals surface area contributed by atoms with Crippen molar-refractivity contribution in [2.45, 2.75) is 33.3 Å². The van der Waals surface area contributed by atoms with Crippen LogP contribution in [0.5, 0.6) is 0 Å². The number of piperidine rings is 1. The molecule has 2 rings (SSSR count). The number of nitrogens with zero attached hydrogens (tertiary/aromatic N) is 1. The largest absolute Gasteiger partial charge is 0.469 e. The number of carbonyl (C=O) groups excluding carboxylic acids is 2. The zero-order chi connectivity index (χ0) is 16.9. The van der Waals surface area contributed by atoms with Gasteiger partial charge in [0.2, 0.25) is 0 Å². The van der Waals surface area contributed by atoms with Crippen LogP contribution in [0.4, 0.5) is 4.79 Å². The SMILES string of the molecule is COC(=O)[C@]1(C(C)C)CCCN(C(=O)OCc2ccccc2)C1. The average molecular weight is 319 g/mol. The Morgan fingerprint density at radius 1 is 1.26 bits per heavy atom. The van der Waals surface area contributed by atoms with E-state index in [1.165, 1.54) is 7.11 Å². The van der Waals surface area contributed by atoms with Crippen LogP contribution in [0.3, 0.4) is 0 Å². The molecule has 0 aromatic heterocycles. The number of carbonyl (C=O) groups is 2. The van der Waals surface area contributed by atoms with Crippen molar-refractivity contribution in [3.8, 4) is 0 Å². The van der Waals surface area contributed by atoms with Gasteiger partial charge in [0, 0.05) is 13.1 Å². The van der Waals surface area contributed by atoms with Crippen molar-refractivity contribution in [2.75, 3.05) is 20.2 Å². The van der Waals surface area contributed by atoms with Gasteiger partial charge < -0.3 is 14.4 Å². The molecule has 1 aromatic carbocycles. The zero-order valence-electron chi connectivity index (χ0n) is 14.1. The van der Waals surface area contributed by atoms with Crippen molar-refractivity contribution >= 4 is 12.1 Å². The molecule has 0 saturated carbocycles. The summed E-state index contributed by atoms with van der Waals surface area (Å²) in [6.07, 6.45) is 1.13. The fraction of sp³-hybridized carbons (Fsp3) is 0.556. The van der Waals surface area contributed by atoms with Gasteiger partial charge in [-0.05, 0) is 24.3 Å². The third-order valence-electron chi connectivity index (χ3n) is 4.68. The quantitative estimate of drug-likeness (QED) is 0.800. The second kappa shape index (κ2) is 7.49. The minimum Gasteiger partial charge on any atom is -0.469 e. The van der Waals surface area contributed by atoms with Gasteiger partial charge in [-0.2, -0.15) is 0 Å². The first-order chi connectivity index (χ1) is 11.0. The third kappa shape index (κ3) is 3.84.